The molecule has 0 unspecified atom stereocenters. The molecule has 0 atom stereocenters. The van der Waals surface area contributed by atoms with Crippen LogP contribution in [0, 0.1) is 0 Å². The lowest BCUT2D eigenvalue weighted by Gasteiger charge is -2.11. The average Bonchev–Trinajstić information content (AvgIpc) is 2.48. The number of para-hydroxylation sites is 1. The highest BCUT2D eigenvalue weighted by molar-refractivity contribution is 5.99. The first kappa shape index (κ1) is 12.9. The van der Waals surface area contributed by atoms with Crippen molar-refractivity contribution in [1.29, 1.82) is 0 Å². The van der Waals surface area contributed by atoms with Gasteiger partial charge in [-0.25, -0.2) is 5.84 Å². The van der Waals surface area contributed by atoms with Gasteiger partial charge >= 0.3 is 0 Å². The van der Waals surface area contributed by atoms with E-state index < -0.39 is 0 Å². The fraction of sp³-hybridized carbons (Fsp3) is 0.0714. The smallest absolute Gasteiger partial charge is 0.267 e. The van der Waals surface area contributed by atoms with Crippen molar-refractivity contribution in [3.63, 3.8) is 0 Å². The standard InChI is InChI=1S/C14H15N3O2/c1-19-11-8-6-10(7-9-11)16-13-5-3-2-4-12(13)14(18)17-15/h2-9,16H,15H2,1H3,(H,17,18). The Morgan fingerprint density at radius 2 is 1.79 bits per heavy atom. The third-order valence-corrected chi connectivity index (χ3v) is 2.67. The molecule has 0 aliphatic heterocycles. The number of amides is 1. The molecular formula is C14H15N3O2. The monoisotopic (exact) mass is 257 g/mol. The Morgan fingerprint density at radius 1 is 1.11 bits per heavy atom. The number of nitrogen functional groups attached to an aromatic ring is 1. The van der Waals surface area contributed by atoms with E-state index in [-0.39, 0.29) is 5.91 Å². The van der Waals surface area contributed by atoms with Crippen molar-refractivity contribution in [3.05, 3.63) is 54.1 Å². The molecule has 1 amide bonds. The van der Waals surface area contributed by atoms with E-state index in [0.29, 0.717) is 11.3 Å². The molecule has 4 N–H and O–H groups in total. The number of hydrogen-bond acceptors (Lipinski definition) is 4. The summed E-state index contributed by atoms with van der Waals surface area (Å²) in [5.41, 5.74) is 4.16. The lowest BCUT2D eigenvalue weighted by atomic mass is 10.1. The molecular weight excluding hydrogens is 242 g/mol. The first-order valence-electron chi connectivity index (χ1n) is 5.75. The van der Waals surface area contributed by atoms with E-state index in [1.54, 1.807) is 19.2 Å². The second-order valence-electron chi connectivity index (χ2n) is 3.87. The Morgan fingerprint density at radius 3 is 2.42 bits per heavy atom. The van der Waals surface area contributed by atoms with E-state index in [1.165, 1.54) is 0 Å². The lowest BCUT2D eigenvalue weighted by molar-refractivity contribution is 0.0954. The molecule has 0 aliphatic carbocycles. The summed E-state index contributed by atoms with van der Waals surface area (Å²) in [6.07, 6.45) is 0. The summed E-state index contributed by atoms with van der Waals surface area (Å²) in [6, 6.07) is 14.6. The zero-order valence-corrected chi connectivity index (χ0v) is 10.5. The predicted octanol–water partition coefficient (Wildman–Crippen LogP) is 2.04. The molecule has 0 saturated carbocycles. The van der Waals surface area contributed by atoms with Crippen LogP contribution in [0.3, 0.4) is 0 Å². The summed E-state index contributed by atoms with van der Waals surface area (Å²) in [5.74, 6) is 5.60. The Bertz CT molecular complexity index is 567. The Labute approximate surface area is 111 Å². The van der Waals surface area contributed by atoms with Crippen LogP contribution in [-0.4, -0.2) is 13.0 Å². The van der Waals surface area contributed by atoms with Crippen LogP contribution in [0.15, 0.2) is 48.5 Å². The van der Waals surface area contributed by atoms with E-state index in [2.05, 4.69) is 10.7 Å². The number of methoxy groups -OCH3 is 1. The van der Waals surface area contributed by atoms with Gasteiger partial charge in [0.05, 0.1) is 18.4 Å². The summed E-state index contributed by atoms with van der Waals surface area (Å²) in [4.78, 5) is 11.6. The minimum Gasteiger partial charge on any atom is -0.497 e. The van der Waals surface area contributed by atoms with Crippen molar-refractivity contribution in [2.45, 2.75) is 0 Å². The number of nitrogens with one attached hydrogen (secondary N) is 2. The number of rotatable bonds is 4. The quantitative estimate of drug-likeness (QED) is 0.445. The summed E-state index contributed by atoms with van der Waals surface area (Å²) in [6.45, 7) is 0. The van der Waals surface area contributed by atoms with Crippen molar-refractivity contribution in [3.8, 4) is 5.75 Å². The first-order valence-corrected chi connectivity index (χ1v) is 5.75. The van der Waals surface area contributed by atoms with Crippen LogP contribution in [0.4, 0.5) is 11.4 Å². The minimum absolute atomic E-state index is 0.336. The van der Waals surface area contributed by atoms with Crippen molar-refractivity contribution in [1.82, 2.24) is 5.43 Å². The molecule has 19 heavy (non-hydrogen) atoms. The van der Waals surface area contributed by atoms with Gasteiger partial charge in [-0.1, -0.05) is 12.1 Å². The van der Waals surface area contributed by atoms with Gasteiger partial charge in [-0.2, -0.15) is 0 Å². The van der Waals surface area contributed by atoms with Gasteiger partial charge in [-0.15, -0.1) is 0 Å². The van der Waals surface area contributed by atoms with Crippen LogP contribution in [0.1, 0.15) is 10.4 Å². The van der Waals surface area contributed by atoms with Crippen molar-refractivity contribution < 1.29 is 9.53 Å². The summed E-state index contributed by atoms with van der Waals surface area (Å²) >= 11 is 0. The second kappa shape index (κ2) is 5.88. The zero-order valence-electron chi connectivity index (χ0n) is 10.5. The van der Waals surface area contributed by atoms with Gasteiger partial charge in [-0.3, -0.25) is 10.2 Å². The third kappa shape index (κ3) is 3.02. The largest absolute Gasteiger partial charge is 0.497 e. The Kier molecular flexibility index (Phi) is 4.00. The second-order valence-corrected chi connectivity index (χ2v) is 3.87. The summed E-state index contributed by atoms with van der Waals surface area (Å²) < 4.78 is 5.09. The van der Waals surface area contributed by atoms with Crippen LogP contribution in [0.2, 0.25) is 0 Å². The fourth-order valence-electron chi connectivity index (χ4n) is 1.70. The molecule has 0 spiro atoms. The third-order valence-electron chi connectivity index (χ3n) is 2.67. The lowest BCUT2D eigenvalue weighted by Crippen LogP contribution is -2.30. The van der Waals surface area contributed by atoms with Crippen LogP contribution in [0.25, 0.3) is 0 Å². The maximum atomic E-state index is 11.6. The normalized spacial score (nSPS) is 9.79. The molecule has 5 nitrogen and oxygen atoms in total. The van der Waals surface area contributed by atoms with Gasteiger partial charge < -0.3 is 10.1 Å². The van der Waals surface area contributed by atoms with Crippen molar-refractivity contribution in [2.75, 3.05) is 12.4 Å². The average molecular weight is 257 g/mol. The molecule has 2 rings (SSSR count). The van der Waals surface area contributed by atoms with Crippen molar-refractivity contribution in [2.24, 2.45) is 5.84 Å². The first-order chi connectivity index (χ1) is 9.24. The van der Waals surface area contributed by atoms with Gasteiger partial charge in [0.2, 0.25) is 0 Å². The van der Waals surface area contributed by atoms with Crippen LogP contribution in [0.5, 0.6) is 5.75 Å². The molecule has 2 aromatic rings. The minimum atomic E-state index is -0.336. The summed E-state index contributed by atoms with van der Waals surface area (Å²) in [7, 11) is 1.61. The molecule has 0 radical (unpaired) electrons. The van der Waals surface area contributed by atoms with Gasteiger partial charge in [0, 0.05) is 5.69 Å². The Balaban J connectivity index is 2.25. The molecule has 0 heterocycles. The molecule has 0 bridgehead atoms. The van der Waals surface area contributed by atoms with E-state index in [1.807, 2.05) is 36.4 Å². The number of carbonyl (C=O) groups excluding carboxylic acids is 1. The molecule has 5 heteroatoms. The van der Waals surface area contributed by atoms with Crippen molar-refractivity contribution >= 4 is 17.3 Å². The number of hydrogen-bond donors (Lipinski definition) is 3. The number of anilines is 2. The number of carbonyl (C=O) groups is 1. The maximum absolute atomic E-state index is 11.6. The predicted molar refractivity (Wildman–Crippen MR) is 74.4 cm³/mol. The molecule has 0 aliphatic rings. The van der Waals surface area contributed by atoms with Crippen LogP contribution < -0.4 is 21.3 Å². The number of nitrogens with two attached hydrogens (primary N) is 1. The number of ether oxygens (including phenoxy) is 1. The van der Waals surface area contributed by atoms with E-state index in [0.717, 1.165) is 11.4 Å². The molecule has 98 valence electrons. The van der Waals surface area contributed by atoms with Gasteiger partial charge in [-0.05, 0) is 36.4 Å². The highest BCUT2D eigenvalue weighted by Gasteiger charge is 2.09. The number of benzene rings is 2. The SMILES string of the molecule is COc1ccc(Nc2ccccc2C(=O)NN)cc1. The molecule has 0 aromatic heterocycles. The highest BCUT2D eigenvalue weighted by Crippen LogP contribution is 2.22. The van der Waals surface area contributed by atoms with Crippen LogP contribution >= 0.6 is 0 Å². The van der Waals surface area contributed by atoms with Gasteiger partial charge in [0.15, 0.2) is 0 Å². The molecule has 2 aromatic carbocycles. The van der Waals surface area contributed by atoms with Gasteiger partial charge in [0.1, 0.15) is 5.75 Å². The highest BCUT2D eigenvalue weighted by atomic mass is 16.5. The molecule has 0 fully saturated rings. The Hall–Kier alpha value is -2.53. The number of hydrazine groups is 1. The van der Waals surface area contributed by atoms with E-state index in [4.69, 9.17) is 10.6 Å². The maximum Gasteiger partial charge on any atom is 0.267 e. The van der Waals surface area contributed by atoms with E-state index >= 15 is 0 Å². The van der Waals surface area contributed by atoms with E-state index in [9.17, 15) is 4.79 Å². The zero-order chi connectivity index (χ0) is 13.7. The summed E-state index contributed by atoms with van der Waals surface area (Å²) in [5, 5.41) is 3.17. The topological polar surface area (TPSA) is 76.4 Å². The van der Waals surface area contributed by atoms with Crippen LogP contribution in [-0.2, 0) is 0 Å². The molecule has 0 saturated heterocycles. The fourth-order valence-corrected chi connectivity index (χ4v) is 1.70. The van der Waals surface area contributed by atoms with Gasteiger partial charge in [0.25, 0.3) is 5.91 Å².